The summed E-state index contributed by atoms with van der Waals surface area (Å²) in [6, 6.07) is 5.14. The van der Waals surface area contributed by atoms with Crippen LogP contribution in [0.1, 0.15) is 26.7 Å². The molecule has 6 heteroatoms. The summed E-state index contributed by atoms with van der Waals surface area (Å²) in [6.07, 6.45) is 1.94. The average molecular weight is 315 g/mol. The SMILES string of the molecule is CC(C)(C(=O)Nc1c(Cl)cccc1Cl)C(=O)NC1CC1. The van der Waals surface area contributed by atoms with Crippen LogP contribution >= 0.6 is 23.2 Å². The maximum atomic E-state index is 12.3. The van der Waals surface area contributed by atoms with E-state index >= 15 is 0 Å². The molecule has 0 radical (unpaired) electrons. The minimum Gasteiger partial charge on any atom is -0.352 e. The zero-order valence-corrected chi connectivity index (χ0v) is 12.8. The predicted octanol–water partition coefficient (Wildman–Crippen LogP) is 3.24. The van der Waals surface area contributed by atoms with Gasteiger partial charge >= 0.3 is 0 Å². The molecule has 0 aromatic heterocycles. The lowest BCUT2D eigenvalue weighted by Gasteiger charge is -2.23. The fourth-order valence-electron chi connectivity index (χ4n) is 1.58. The van der Waals surface area contributed by atoms with Gasteiger partial charge < -0.3 is 10.6 Å². The number of amides is 2. The van der Waals surface area contributed by atoms with Gasteiger partial charge in [0.2, 0.25) is 11.8 Å². The van der Waals surface area contributed by atoms with Gasteiger partial charge in [0, 0.05) is 6.04 Å². The average Bonchev–Trinajstić information content (AvgIpc) is 3.17. The highest BCUT2D eigenvalue weighted by atomic mass is 35.5. The van der Waals surface area contributed by atoms with Crippen LogP contribution in [-0.4, -0.2) is 17.9 Å². The number of anilines is 1. The Bertz CT molecular complexity index is 534. The minimum absolute atomic E-state index is 0.207. The minimum atomic E-state index is -1.19. The molecular weight excluding hydrogens is 299 g/mol. The van der Waals surface area contributed by atoms with Crippen molar-refractivity contribution in [2.75, 3.05) is 5.32 Å². The second kappa shape index (κ2) is 5.62. The first-order chi connectivity index (χ1) is 9.32. The van der Waals surface area contributed by atoms with Crippen LogP contribution in [-0.2, 0) is 9.59 Å². The molecule has 108 valence electrons. The molecule has 0 aliphatic heterocycles. The largest absolute Gasteiger partial charge is 0.352 e. The molecule has 0 bridgehead atoms. The number of para-hydroxylation sites is 1. The van der Waals surface area contributed by atoms with Gasteiger partial charge in [-0.15, -0.1) is 0 Å². The summed E-state index contributed by atoms with van der Waals surface area (Å²) in [5.41, 5.74) is -0.862. The highest BCUT2D eigenvalue weighted by Gasteiger charge is 2.39. The molecule has 0 heterocycles. The molecule has 2 rings (SSSR count). The third-order valence-electron chi connectivity index (χ3n) is 3.25. The van der Waals surface area contributed by atoms with Gasteiger partial charge in [0.25, 0.3) is 0 Å². The Morgan fingerprint density at radius 1 is 1.15 bits per heavy atom. The molecular formula is C14H16Cl2N2O2. The van der Waals surface area contributed by atoms with Crippen LogP contribution in [0.15, 0.2) is 18.2 Å². The van der Waals surface area contributed by atoms with Crippen molar-refractivity contribution in [2.24, 2.45) is 5.41 Å². The number of nitrogens with one attached hydrogen (secondary N) is 2. The fourth-order valence-corrected chi connectivity index (χ4v) is 2.08. The van der Waals surface area contributed by atoms with Gasteiger partial charge in [0.1, 0.15) is 5.41 Å². The van der Waals surface area contributed by atoms with E-state index in [0.717, 1.165) is 12.8 Å². The number of carbonyl (C=O) groups is 2. The first-order valence-corrected chi connectivity index (χ1v) is 7.14. The van der Waals surface area contributed by atoms with Crippen molar-refractivity contribution >= 4 is 40.7 Å². The maximum absolute atomic E-state index is 12.3. The number of halogens is 2. The second-order valence-corrected chi connectivity index (χ2v) is 6.24. The van der Waals surface area contributed by atoms with Crippen molar-refractivity contribution in [3.05, 3.63) is 28.2 Å². The quantitative estimate of drug-likeness (QED) is 0.838. The lowest BCUT2D eigenvalue weighted by Crippen LogP contribution is -2.45. The molecule has 2 N–H and O–H groups in total. The first-order valence-electron chi connectivity index (χ1n) is 6.39. The topological polar surface area (TPSA) is 58.2 Å². The van der Waals surface area contributed by atoms with Crippen LogP contribution in [0.4, 0.5) is 5.69 Å². The van der Waals surface area contributed by atoms with Gasteiger partial charge in [0.05, 0.1) is 15.7 Å². The summed E-state index contributed by atoms with van der Waals surface area (Å²) in [7, 11) is 0. The highest BCUT2D eigenvalue weighted by molar-refractivity contribution is 6.40. The van der Waals surface area contributed by atoms with Crippen molar-refractivity contribution in [2.45, 2.75) is 32.7 Å². The molecule has 0 saturated heterocycles. The molecule has 1 aromatic rings. The van der Waals surface area contributed by atoms with E-state index in [4.69, 9.17) is 23.2 Å². The zero-order valence-electron chi connectivity index (χ0n) is 11.3. The summed E-state index contributed by atoms with van der Waals surface area (Å²) in [6.45, 7) is 3.15. The molecule has 0 unspecified atom stereocenters. The van der Waals surface area contributed by atoms with Crippen LogP contribution in [0, 0.1) is 5.41 Å². The van der Waals surface area contributed by atoms with Gasteiger partial charge in [-0.2, -0.15) is 0 Å². The Labute approximate surface area is 127 Å². The zero-order chi connectivity index (χ0) is 14.9. The van der Waals surface area contributed by atoms with Crippen LogP contribution in [0.5, 0.6) is 0 Å². The van der Waals surface area contributed by atoms with E-state index in [1.165, 1.54) is 0 Å². The molecule has 20 heavy (non-hydrogen) atoms. The van der Waals surface area contributed by atoms with E-state index < -0.39 is 11.3 Å². The van der Waals surface area contributed by atoms with Crippen LogP contribution < -0.4 is 10.6 Å². The Hall–Kier alpha value is -1.26. The summed E-state index contributed by atoms with van der Waals surface area (Å²) in [4.78, 5) is 24.4. The maximum Gasteiger partial charge on any atom is 0.239 e. The molecule has 2 amide bonds. The summed E-state index contributed by atoms with van der Waals surface area (Å²) < 4.78 is 0. The third kappa shape index (κ3) is 3.25. The van der Waals surface area contributed by atoms with E-state index in [1.54, 1.807) is 32.0 Å². The first kappa shape index (κ1) is 15.1. The van der Waals surface area contributed by atoms with Gasteiger partial charge in [-0.25, -0.2) is 0 Å². The lowest BCUT2D eigenvalue weighted by atomic mass is 9.91. The van der Waals surface area contributed by atoms with Gasteiger partial charge in [-0.3, -0.25) is 9.59 Å². The van der Waals surface area contributed by atoms with E-state index in [0.29, 0.717) is 15.7 Å². The molecule has 0 spiro atoms. The molecule has 4 nitrogen and oxygen atoms in total. The molecule has 1 aliphatic carbocycles. The molecule has 1 saturated carbocycles. The summed E-state index contributed by atoms with van der Waals surface area (Å²) in [5.74, 6) is -0.730. The van der Waals surface area contributed by atoms with Crippen molar-refractivity contribution in [1.29, 1.82) is 0 Å². The number of hydrogen-bond donors (Lipinski definition) is 2. The van der Waals surface area contributed by atoms with Crippen LogP contribution in [0.3, 0.4) is 0 Å². The van der Waals surface area contributed by atoms with Gasteiger partial charge in [-0.1, -0.05) is 29.3 Å². The number of carbonyl (C=O) groups excluding carboxylic acids is 2. The lowest BCUT2D eigenvalue weighted by molar-refractivity contribution is -0.138. The number of benzene rings is 1. The van der Waals surface area contributed by atoms with E-state index in [-0.39, 0.29) is 11.9 Å². The Morgan fingerprint density at radius 3 is 2.20 bits per heavy atom. The Kier molecular flexibility index (Phi) is 4.25. The number of hydrogen-bond acceptors (Lipinski definition) is 2. The van der Waals surface area contributed by atoms with Gasteiger partial charge in [-0.05, 0) is 38.8 Å². The van der Waals surface area contributed by atoms with Crippen molar-refractivity contribution in [3.8, 4) is 0 Å². The van der Waals surface area contributed by atoms with Crippen LogP contribution in [0.2, 0.25) is 10.0 Å². The molecule has 1 fully saturated rings. The third-order valence-corrected chi connectivity index (χ3v) is 3.88. The second-order valence-electron chi connectivity index (χ2n) is 5.42. The standard InChI is InChI=1S/C14H16Cl2N2O2/c1-14(2,12(19)17-8-6-7-8)13(20)18-11-9(15)4-3-5-10(11)16/h3-5,8H,6-7H2,1-2H3,(H,17,19)(H,18,20). The fraction of sp³-hybridized carbons (Fsp3) is 0.429. The Balaban J connectivity index is 2.11. The van der Waals surface area contributed by atoms with Crippen LogP contribution in [0.25, 0.3) is 0 Å². The highest BCUT2D eigenvalue weighted by Crippen LogP contribution is 2.32. The predicted molar refractivity (Wildman–Crippen MR) is 80.0 cm³/mol. The van der Waals surface area contributed by atoms with E-state index in [9.17, 15) is 9.59 Å². The van der Waals surface area contributed by atoms with Crippen molar-refractivity contribution < 1.29 is 9.59 Å². The van der Waals surface area contributed by atoms with E-state index in [1.807, 2.05) is 0 Å². The Morgan fingerprint density at radius 2 is 1.70 bits per heavy atom. The number of rotatable bonds is 4. The summed E-state index contributed by atoms with van der Waals surface area (Å²) >= 11 is 12.0. The van der Waals surface area contributed by atoms with Gasteiger partial charge in [0.15, 0.2) is 0 Å². The van der Waals surface area contributed by atoms with Crippen molar-refractivity contribution in [1.82, 2.24) is 5.32 Å². The molecule has 0 atom stereocenters. The smallest absolute Gasteiger partial charge is 0.239 e. The molecule has 1 aliphatic rings. The normalized spacial score (nSPS) is 14.8. The van der Waals surface area contributed by atoms with Crippen molar-refractivity contribution in [3.63, 3.8) is 0 Å². The van der Waals surface area contributed by atoms with E-state index in [2.05, 4.69) is 10.6 Å². The monoisotopic (exact) mass is 314 g/mol. The summed E-state index contributed by atoms with van der Waals surface area (Å²) in [5, 5.41) is 6.13. The molecule has 1 aromatic carbocycles.